The van der Waals surface area contributed by atoms with Gasteiger partial charge in [0.15, 0.2) is 0 Å². The second-order valence-corrected chi connectivity index (χ2v) is 5.51. The number of nitrogens with one attached hydrogen (secondary N) is 1. The Balaban J connectivity index is 1.72. The summed E-state index contributed by atoms with van der Waals surface area (Å²) in [5.41, 5.74) is 2.73. The van der Waals surface area contributed by atoms with E-state index in [4.69, 9.17) is 0 Å². The summed E-state index contributed by atoms with van der Waals surface area (Å²) in [6.07, 6.45) is 7.56. The number of hydrogen-bond donors (Lipinski definition) is 1. The molecule has 1 aliphatic heterocycles. The standard InChI is InChI=1S/C16H22N2/c1-13-5-6-14-7-10-18(16(14)12-13)11-8-15-4-2-3-9-17-15/h5-7,10,12,15,17H,2-4,8-9,11H2,1H3. The van der Waals surface area contributed by atoms with Crippen molar-refractivity contribution >= 4 is 10.9 Å². The lowest BCUT2D eigenvalue weighted by Crippen LogP contribution is -2.34. The van der Waals surface area contributed by atoms with Crippen LogP contribution in [-0.4, -0.2) is 17.2 Å². The van der Waals surface area contributed by atoms with Crippen LogP contribution in [0.4, 0.5) is 0 Å². The van der Waals surface area contributed by atoms with Gasteiger partial charge in [-0.15, -0.1) is 0 Å². The fourth-order valence-corrected chi connectivity index (χ4v) is 2.95. The van der Waals surface area contributed by atoms with E-state index in [2.05, 4.69) is 47.3 Å². The van der Waals surface area contributed by atoms with Crippen LogP contribution in [-0.2, 0) is 6.54 Å². The Bertz CT molecular complexity index is 521. The SMILES string of the molecule is Cc1ccc2ccn(CCC3CCCCN3)c2c1. The first-order chi connectivity index (χ1) is 8.83. The zero-order chi connectivity index (χ0) is 12.4. The third-order valence-electron chi connectivity index (χ3n) is 4.06. The van der Waals surface area contributed by atoms with Gasteiger partial charge in [-0.1, -0.05) is 18.6 Å². The summed E-state index contributed by atoms with van der Waals surface area (Å²) in [6, 6.07) is 9.66. The summed E-state index contributed by atoms with van der Waals surface area (Å²) in [6.45, 7) is 4.50. The Labute approximate surface area is 109 Å². The largest absolute Gasteiger partial charge is 0.347 e. The van der Waals surface area contributed by atoms with Crippen molar-refractivity contribution in [1.29, 1.82) is 0 Å². The highest BCUT2D eigenvalue weighted by molar-refractivity contribution is 5.80. The molecule has 0 radical (unpaired) electrons. The van der Waals surface area contributed by atoms with Gasteiger partial charge in [-0.3, -0.25) is 0 Å². The van der Waals surface area contributed by atoms with Crippen molar-refractivity contribution in [2.24, 2.45) is 0 Å². The van der Waals surface area contributed by atoms with Gasteiger partial charge in [-0.05, 0) is 55.8 Å². The van der Waals surface area contributed by atoms with Crippen LogP contribution in [0.1, 0.15) is 31.2 Å². The van der Waals surface area contributed by atoms with Gasteiger partial charge in [-0.2, -0.15) is 0 Å². The molecule has 2 nitrogen and oxygen atoms in total. The molecule has 1 atom stereocenters. The van der Waals surface area contributed by atoms with Crippen LogP contribution in [0, 0.1) is 6.92 Å². The van der Waals surface area contributed by atoms with Crippen LogP contribution in [0.15, 0.2) is 30.5 Å². The van der Waals surface area contributed by atoms with Gasteiger partial charge in [0.2, 0.25) is 0 Å². The number of aromatic nitrogens is 1. The summed E-state index contributed by atoms with van der Waals surface area (Å²) < 4.78 is 2.40. The Morgan fingerprint density at radius 3 is 3.06 bits per heavy atom. The van der Waals surface area contributed by atoms with Gasteiger partial charge in [0.25, 0.3) is 0 Å². The Hall–Kier alpha value is -1.28. The van der Waals surface area contributed by atoms with Gasteiger partial charge in [0.05, 0.1) is 0 Å². The van der Waals surface area contributed by atoms with Crippen molar-refractivity contribution in [1.82, 2.24) is 9.88 Å². The molecule has 2 heterocycles. The number of benzene rings is 1. The zero-order valence-electron chi connectivity index (χ0n) is 11.2. The maximum absolute atomic E-state index is 3.63. The Kier molecular flexibility index (Phi) is 3.37. The first kappa shape index (κ1) is 11.8. The number of nitrogens with zero attached hydrogens (tertiary/aromatic N) is 1. The van der Waals surface area contributed by atoms with Crippen LogP contribution in [0.2, 0.25) is 0 Å². The summed E-state index contributed by atoms with van der Waals surface area (Å²) in [7, 11) is 0. The molecule has 96 valence electrons. The van der Waals surface area contributed by atoms with E-state index in [1.807, 2.05) is 0 Å². The summed E-state index contributed by atoms with van der Waals surface area (Å²) in [5.74, 6) is 0. The fourth-order valence-electron chi connectivity index (χ4n) is 2.95. The molecule has 1 aliphatic rings. The minimum Gasteiger partial charge on any atom is -0.347 e. The number of aryl methyl sites for hydroxylation is 2. The van der Waals surface area contributed by atoms with E-state index in [0.29, 0.717) is 0 Å². The number of piperidine rings is 1. The lowest BCUT2D eigenvalue weighted by molar-refractivity contribution is 0.368. The third kappa shape index (κ3) is 2.44. The molecular formula is C16H22N2. The van der Waals surface area contributed by atoms with Crippen LogP contribution in [0.3, 0.4) is 0 Å². The smallest absolute Gasteiger partial charge is 0.0482 e. The summed E-state index contributed by atoms with van der Waals surface area (Å²) in [4.78, 5) is 0. The highest BCUT2D eigenvalue weighted by atomic mass is 15.0. The van der Waals surface area contributed by atoms with Crippen molar-refractivity contribution in [3.05, 3.63) is 36.0 Å². The minimum absolute atomic E-state index is 0.723. The lowest BCUT2D eigenvalue weighted by atomic mass is 10.0. The van der Waals surface area contributed by atoms with E-state index in [0.717, 1.165) is 12.6 Å². The average molecular weight is 242 g/mol. The first-order valence-corrected chi connectivity index (χ1v) is 7.12. The third-order valence-corrected chi connectivity index (χ3v) is 4.06. The normalized spacial score (nSPS) is 20.4. The van der Waals surface area contributed by atoms with Crippen molar-refractivity contribution in [2.45, 2.75) is 45.2 Å². The van der Waals surface area contributed by atoms with E-state index in [-0.39, 0.29) is 0 Å². The molecule has 1 N–H and O–H groups in total. The molecule has 0 saturated carbocycles. The highest BCUT2D eigenvalue weighted by Crippen LogP contribution is 2.19. The lowest BCUT2D eigenvalue weighted by Gasteiger charge is -2.23. The van der Waals surface area contributed by atoms with Crippen LogP contribution in [0.5, 0.6) is 0 Å². The predicted molar refractivity (Wildman–Crippen MR) is 76.9 cm³/mol. The van der Waals surface area contributed by atoms with E-state index in [1.165, 1.54) is 48.7 Å². The molecule has 1 saturated heterocycles. The van der Waals surface area contributed by atoms with Gasteiger partial charge in [-0.25, -0.2) is 0 Å². The van der Waals surface area contributed by atoms with E-state index < -0.39 is 0 Å². The van der Waals surface area contributed by atoms with Gasteiger partial charge >= 0.3 is 0 Å². The molecule has 2 heteroatoms. The second-order valence-electron chi connectivity index (χ2n) is 5.51. The molecule has 3 rings (SSSR count). The fraction of sp³-hybridized carbons (Fsp3) is 0.500. The molecule has 0 aliphatic carbocycles. The molecule has 1 fully saturated rings. The van der Waals surface area contributed by atoms with Gasteiger partial charge in [0.1, 0.15) is 0 Å². The quantitative estimate of drug-likeness (QED) is 0.872. The molecule has 1 aromatic carbocycles. The summed E-state index contributed by atoms with van der Waals surface area (Å²) in [5, 5.41) is 4.99. The minimum atomic E-state index is 0.723. The van der Waals surface area contributed by atoms with E-state index in [1.54, 1.807) is 0 Å². The molecule has 1 unspecified atom stereocenters. The molecule has 0 amide bonds. The highest BCUT2D eigenvalue weighted by Gasteiger charge is 2.12. The van der Waals surface area contributed by atoms with Crippen molar-refractivity contribution in [2.75, 3.05) is 6.54 Å². The second kappa shape index (κ2) is 5.15. The van der Waals surface area contributed by atoms with Crippen molar-refractivity contribution in [3.63, 3.8) is 0 Å². The number of fused-ring (bicyclic) bond motifs is 1. The molecule has 0 spiro atoms. The van der Waals surface area contributed by atoms with Crippen LogP contribution in [0.25, 0.3) is 10.9 Å². The Morgan fingerprint density at radius 2 is 2.22 bits per heavy atom. The molecule has 2 aromatic rings. The molecule has 0 bridgehead atoms. The van der Waals surface area contributed by atoms with Crippen LogP contribution >= 0.6 is 0 Å². The monoisotopic (exact) mass is 242 g/mol. The first-order valence-electron chi connectivity index (χ1n) is 7.12. The molecule has 1 aromatic heterocycles. The van der Waals surface area contributed by atoms with Crippen molar-refractivity contribution in [3.8, 4) is 0 Å². The van der Waals surface area contributed by atoms with E-state index >= 15 is 0 Å². The van der Waals surface area contributed by atoms with Crippen LogP contribution < -0.4 is 5.32 Å². The number of rotatable bonds is 3. The number of hydrogen-bond acceptors (Lipinski definition) is 1. The topological polar surface area (TPSA) is 17.0 Å². The van der Waals surface area contributed by atoms with Gasteiger partial charge in [0, 0.05) is 24.3 Å². The Morgan fingerprint density at radius 1 is 1.28 bits per heavy atom. The maximum Gasteiger partial charge on any atom is 0.0482 e. The zero-order valence-corrected chi connectivity index (χ0v) is 11.2. The van der Waals surface area contributed by atoms with Gasteiger partial charge < -0.3 is 9.88 Å². The molecular weight excluding hydrogens is 220 g/mol. The summed E-state index contributed by atoms with van der Waals surface area (Å²) >= 11 is 0. The van der Waals surface area contributed by atoms with Crippen molar-refractivity contribution < 1.29 is 0 Å². The van der Waals surface area contributed by atoms with E-state index in [9.17, 15) is 0 Å². The average Bonchev–Trinajstić information content (AvgIpc) is 2.80. The predicted octanol–water partition coefficient (Wildman–Crippen LogP) is 3.48. The molecule has 18 heavy (non-hydrogen) atoms. The maximum atomic E-state index is 3.63.